The molecule has 1 aromatic rings. The summed E-state index contributed by atoms with van der Waals surface area (Å²) in [7, 11) is -2.19. The number of carbonyl (C=O) groups excluding carboxylic acids is 1. The second-order valence-corrected chi connectivity index (χ2v) is 5.67. The van der Waals surface area contributed by atoms with E-state index in [-0.39, 0.29) is 10.8 Å². The Morgan fingerprint density at radius 3 is 2.42 bits per heavy atom. The van der Waals surface area contributed by atoms with Crippen LogP contribution in [0.5, 0.6) is 0 Å². The summed E-state index contributed by atoms with van der Waals surface area (Å²) in [6.45, 7) is 2.12. The highest BCUT2D eigenvalue weighted by Gasteiger charge is 2.10. The third-order valence-corrected chi connectivity index (χ3v) is 3.62. The van der Waals surface area contributed by atoms with E-state index in [1.54, 1.807) is 19.1 Å². The van der Waals surface area contributed by atoms with Crippen LogP contribution in [-0.2, 0) is 26.0 Å². The molecule has 7 heteroatoms. The number of nitrogens with two attached hydrogens (primary N) is 1. The van der Waals surface area contributed by atoms with Crippen LogP contribution >= 0.6 is 0 Å². The monoisotopic (exact) mass is 286 g/mol. The Kier molecular flexibility index (Phi) is 5.46. The maximum atomic E-state index is 11.4. The minimum absolute atomic E-state index is 0.0771. The van der Waals surface area contributed by atoms with E-state index in [9.17, 15) is 13.2 Å². The maximum Gasteiger partial charge on any atom is 0.248 e. The van der Waals surface area contributed by atoms with E-state index in [1.807, 2.05) is 0 Å². The van der Waals surface area contributed by atoms with Gasteiger partial charge in [0.15, 0.2) is 0 Å². The lowest BCUT2D eigenvalue weighted by Crippen LogP contribution is -2.35. The van der Waals surface area contributed by atoms with Gasteiger partial charge >= 0.3 is 0 Å². The van der Waals surface area contributed by atoms with Crippen LogP contribution in [-0.4, -0.2) is 34.1 Å². The molecule has 0 spiro atoms. The van der Waals surface area contributed by atoms with Gasteiger partial charge < -0.3 is 10.1 Å². The summed E-state index contributed by atoms with van der Waals surface area (Å²) in [4.78, 5) is 11.5. The molecule has 0 aliphatic rings. The van der Waals surface area contributed by atoms with Gasteiger partial charge in [0.25, 0.3) is 0 Å². The lowest BCUT2D eigenvalue weighted by Gasteiger charge is -2.10. The van der Waals surface area contributed by atoms with Crippen molar-refractivity contribution in [3.63, 3.8) is 0 Å². The zero-order valence-corrected chi connectivity index (χ0v) is 11.7. The van der Waals surface area contributed by atoms with Crippen LogP contribution in [0.1, 0.15) is 12.5 Å². The molecule has 1 aromatic carbocycles. The molecular weight excluding hydrogens is 268 g/mol. The zero-order chi connectivity index (χ0) is 14.5. The Hall–Kier alpha value is -1.44. The van der Waals surface area contributed by atoms with Crippen molar-refractivity contribution in [3.05, 3.63) is 29.8 Å². The summed E-state index contributed by atoms with van der Waals surface area (Å²) < 4.78 is 27.0. The predicted molar refractivity (Wildman–Crippen MR) is 71.0 cm³/mol. The van der Waals surface area contributed by atoms with Gasteiger partial charge in [-0.05, 0) is 31.0 Å². The van der Waals surface area contributed by atoms with Gasteiger partial charge in [0, 0.05) is 13.7 Å². The van der Waals surface area contributed by atoms with E-state index in [4.69, 9.17) is 9.88 Å². The number of hydrogen-bond acceptors (Lipinski definition) is 4. The van der Waals surface area contributed by atoms with Crippen LogP contribution in [0.4, 0.5) is 0 Å². The van der Waals surface area contributed by atoms with Crippen LogP contribution < -0.4 is 10.5 Å². The predicted octanol–water partition coefficient (Wildman–Crippen LogP) is 0.0276. The fourth-order valence-corrected chi connectivity index (χ4v) is 1.94. The second-order valence-electron chi connectivity index (χ2n) is 4.11. The van der Waals surface area contributed by atoms with E-state index < -0.39 is 16.1 Å². The molecule has 6 nitrogen and oxygen atoms in total. The maximum absolute atomic E-state index is 11.4. The molecule has 0 aliphatic heterocycles. The average molecular weight is 286 g/mol. The fourth-order valence-electron chi connectivity index (χ4n) is 1.43. The SMILES string of the molecule is COC(C)C(=O)NCCc1ccc(S(N)(=O)=O)cc1. The molecule has 0 saturated carbocycles. The number of primary sulfonamides is 1. The molecule has 0 aliphatic carbocycles. The number of benzene rings is 1. The van der Waals surface area contributed by atoms with Gasteiger partial charge in [0.05, 0.1) is 4.90 Å². The van der Waals surface area contributed by atoms with Crippen LogP contribution in [0.15, 0.2) is 29.2 Å². The quantitative estimate of drug-likeness (QED) is 0.770. The Morgan fingerprint density at radius 1 is 1.37 bits per heavy atom. The fraction of sp³-hybridized carbons (Fsp3) is 0.417. The normalized spacial score (nSPS) is 13.0. The highest BCUT2D eigenvalue weighted by molar-refractivity contribution is 7.89. The average Bonchev–Trinajstić information content (AvgIpc) is 2.37. The Bertz CT molecular complexity index is 525. The number of ether oxygens (including phenoxy) is 1. The first kappa shape index (κ1) is 15.6. The van der Waals surface area contributed by atoms with E-state index in [0.29, 0.717) is 13.0 Å². The van der Waals surface area contributed by atoms with Crippen molar-refractivity contribution in [2.45, 2.75) is 24.3 Å². The Balaban J connectivity index is 2.49. The van der Waals surface area contributed by atoms with Crippen molar-refractivity contribution in [2.75, 3.05) is 13.7 Å². The molecule has 0 aromatic heterocycles. The van der Waals surface area contributed by atoms with Gasteiger partial charge in [0.2, 0.25) is 15.9 Å². The molecule has 0 radical (unpaired) electrons. The Morgan fingerprint density at radius 2 is 1.95 bits per heavy atom. The number of methoxy groups -OCH3 is 1. The molecule has 0 saturated heterocycles. The van der Waals surface area contributed by atoms with Crippen molar-refractivity contribution in [1.29, 1.82) is 0 Å². The lowest BCUT2D eigenvalue weighted by molar-refractivity contribution is -0.129. The van der Waals surface area contributed by atoms with E-state index in [2.05, 4.69) is 5.32 Å². The van der Waals surface area contributed by atoms with Gasteiger partial charge in [-0.3, -0.25) is 4.79 Å². The molecular formula is C12H18N2O4S. The molecule has 106 valence electrons. The molecule has 3 N–H and O–H groups in total. The Labute approximate surface area is 113 Å². The molecule has 0 heterocycles. The highest BCUT2D eigenvalue weighted by atomic mass is 32.2. The number of sulfonamides is 1. The van der Waals surface area contributed by atoms with Crippen LogP contribution in [0.3, 0.4) is 0 Å². The molecule has 1 amide bonds. The van der Waals surface area contributed by atoms with Gasteiger partial charge in [-0.25, -0.2) is 13.6 Å². The summed E-state index contributed by atoms with van der Waals surface area (Å²) >= 11 is 0. The number of nitrogens with one attached hydrogen (secondary N) is 1. The highest BCUT2D eigenvalue weighted by Crippen LogP contribution is 2.08. The zero-order valence-electron chi connectivity index (χ0n) is 10.9. The summed E-state index contributed by atoms with van der Waals surface area (Å²) in [5.74, 6) is -0.177. The first-order valence-electron chi connectivity index (χ1n) is 5.77. The molecule has 1 rings (SSSR count). The van der Waals surface area contributed by atoms with Gasteiger partial charge in [-0.15, -0.1) is 0 Å². The van der Waals surface area contributed by atoms with Crippen LogP contribution in [0.25, 0.3) is 0 Å². The van der Waals surface area contributed by atoms with Gasteiger partial charge in [-0.1, -0.05) is 12.1 Å². The van der Waals surface area contributed by atoms with Crippen molar-refractivity contribution in [2.24, 2.45) is 5.14 Å². The second kappa shape index (κ2) is 6.65. The minimum atomic E-state index is -3.65. The number of hydrogen-bond donors (Lipinski definition) is 2. The smallest absolute Gasteiger partial charge is 0.248 e. The van der Waals surface area contributed by atoms with Crippen molar-refractivity contribution < 1.29 is 17.9 Å². The van der Waals surface area contributed by atoms with E-state index >= 15 is 0 Å². The first-order valence-corrected chi connectivity index (χ1v) is 7.31. The number of carbonyl (C=O) groups is 1. The third kappa shape index (κ3) is 4.98. The first-order chi connectivity index (χ1) is 8.84. The van der Waals surface area contributed by atoms with Gasteiger partial charge in [-0.2, -0.15) is 0 Å². The van der Waals surface area contributed by atoms with Crippen molar-refractivity contribution in [1.82, 2.24) is 5.32 Å². The van der Waals surface area contributed by atoms with Crippen molar-refractivity contribution in [3.8, 4) is 0 Å². The summed E-state index contributed by atoms with van der Waals surface area (Å²) in [5, 5.41) is 7.72. The number of rotatable bonds is 6. The molecule has 0 bridgehead atoms. The largest absolute Gasteiger partial charge is 0.372 e. The van der Waals surface area contributed by atoms with E-state index in [1.165, 1.54) is 19.2 Å². The van der Waals surface area contributed by atoms with Crippen molar-refractivity contribution >= 4 is 15.9 Å². The van der Waals surface area contributed by atoms with E-state index in [0.717, 1.165) is 5.56 Å². The van der Waals surface area contributed by atoms with Crippen LogP contribution in [0.2, 0.25) is 0 Å². The molecule has 0 fully saturated rings. The lowest BCUT2D eigenvalue weighted by atomic mass is 10.1. The third-order valence-electron chi connectivity index (χ3n) is 2.69. The standard InChI is InChI=1S/C12H18N2O4S/c1-9(18-2)12(15)14-8-7-10-3-5-11(6-4-10)19(13,16)17/h3-6,9H,7-8H2,1-2H3,(H,14,15)(H2,13,16,17). The molecule has 1 unspecified atom stereocenters. The molecule has 19 heavy (non-hydrogen) atoms. The minimum Gasteiger partial charge on any atom is -0.372 e. The van der Waals surface area contributed by atoms with Gasteiger partial charge in [0.1, 0.15) is 6.10 Å². The topological polar surface area (TPSA) is 98.5 Å². The summed E-state index contributed by atoms with van der Waals surface area (Å²) in [6, 6.07) is 6.24. The van der Waals surface area contributed by atoms with Crippen LogP contribution in [0, 0.1) is 0 Å². The molecule has 1 atom stereocenters. The number of amides is 1. The summed E-state index contributed by atoms with van der Waals surface area (Å²) in [5.41, 5.74) is 0.915. The summed E-state index contributed by atoms with van der Waals surface area (Å²) in [6.07, 6.45) is 0.123.